The van der Waals surface area contributed by atoms with E-state index >= 15 is 0 Å². The molecule has 5 atom stereocenters. The van der Waals surface area contributed by atoms with Crippen molar-refractivity contribution in [2.45, 2.75) is 37.6 Å². The Hall–Kier alpha value is -0.730. The lowest BCUT2D eigenvalue weighted by Crippen LogP contribution is -2.63. The first-order valence-electron chi connectivity index (χ1n) is 4.55. The molecule has 1 aliphatic rings. The smallest absolute Gasteiger partial charge is 0.217 e. The third-order valence-corrected chi connectivity index (χ3v) is 2.27. The Kier molecular flexibility index (Phi) is 4.00. The fraction of sp³-hybridized carbons (Fsp3) is 0.875. The normalized spacial score (nSPS) is 41.3. The Morgan fingerprint density at radius 2 is 1.93 bits per heavy atom. The van der Waals surface area contributed by atoms with Crippen LogP contribution in [0.1, 0.15) is 6.92 Å². The van der Waals surface area contributed by atoms with Gasteiger partial charge in [-0.1, -0.05) is 0 Å². The van der Waals surface area contributed by atoms with Crippen molar-refractivity contribution < 1.29 is 30.0 Å². The molecule has 7 heteroatoms. The van der Waals surface area contributed by atoms with Crippen molar-refractivity contribution >= 4 is 5.91 Å². The third-order valence-electron chi connectivity index (χ3n) is 2.27. The highest BCUT2D eigenvalue weighted by Gasteiger charge is 2.43. The molecule has 0 bridgehead atoms. The monoisotopic (exact) mass is 221 g/mol. The van der Waals surface area contributed by atoms with Crippen molar-refractivity contribution in [2.75, 3.05) is 6.61 Å². The molecule has 15 heavy (non-hydrogen) atoms. The second kappa shape index (κ2) is 4.86. The quantitative estimate of drug-likeness (QED) is 0.337. The van der Waals surface area contributed by atoms with E-state index in [1.807, 2.05) is 0 Å². The second-order valence-electron chi connectivity index (χ2n) is 3.46. The van der Waals surface area contributed by atoms with E-state index in [1.54, 1.807) is 0 Å². The number of hydrogen-bond donors (Lipinski definition) is 5. The molecule has 1 aliphatic heterocycles. The first-order chi connectivity index (χ1) is 6.97. The summed E-state index contributed by atoms with van der Waals surface area (Å²) in [5.41, 5.74) is 0. The molecule has 1 heterocycles. The molecule has 5 N–H and O–H groups in total. The number of carbonyl (C=O) groups excluding carboxylic acids is 1. The topological polar surface area (TPSA) is 119 Å². The largest absolute Gasteiger partial charge is 0.394 e. The summed E-state index contributed by atoms with van der Waals surface area (Å²) in [6, 6.07) is -1.10. The van der Waals surface area contributed by atoms with Gasteiger partial charge < -0.3 is 30.5 Å². The van der Waals surface area contributed by atoms with Gasteiger partial charge in [0.2, 0.25) is 5.91 Å². The van der Waals surface area contributed by atoms with Crippen LogP contribution in [0.5, 0.6) is 0 Å². The number of carbonyl (C=O) groups is 1. The van der Waals surface area contributed by atoms with Crippen molar-refractivity contribution in [3.63, 3.8) is 0 Å². The molecule has 2 unspecified atom stereocenters. The van der Waals surface area contributed by atoms with Gasteiger partial charge in [0, 0.05) is 6.92 Å². The van der Waals surface area contributed by atoms with Crippen LogP contribution >= 0.6 is 0 Å². The zero-order chi connectivity index (χ0) is 11.6. The predicted octanol–water partition coefficient (Wildman–Crippen LogP) is -3.08. The molecule has 1 fully saturated rings. The van der Waals surface area contributed by atoms with Gasteiger partial charge in [-0.3, -0.25) is 4.79 Å². The maximum Gasteiger partial charge on any atom is 0.217 e. The van der Waals surface area contributed by atoms with Gasteiger partial charge in [0.25, 0.3) is 0 Å². The van der Waals surface area contributed by atoms with Crippen molar-refractivity contribution in [3.05, 3.63) is 0 Å². The average molecular weight is 221 g/mol. The summed E-state index contributed by atoms with van der Waals surface area (Å²) in [5, 5.41) is 39.4. The maximum atomic E-state index is 10.7. The minimum Gasteiger partial charge on any atom is -0.394 e. The molecule has 0 aliphatic carbocycles. The van der Waals surface area contributed by atoms with Crippen molar-refractivity contribution in [1.82, 2.24) is 5.32 Å². The van der Waals surface area contributed by atoms with Crippen LogP contribution in [0, 0.1) is 0 Å². The van der Waals surface area contributed by atoms with E-state index < -0.39 is 43.2 Å². The molecule has 0 radical (unpaired) electrons. The summed E-state index contributed by atoms with van der Waals surface area (Å²) in [6.07, 6.45) is -5.24. The van der Waals surface area contributed by atoms with E-state index in [0.29, 0.717) is 0 Å². The fourth-order valence-corrected chi connectivity index (χ4v) is 1.49. The second-order valence-corrected chi connectivity index (χ2v) is 3.46. The summed E-state index contributed by atoms with van der Waals surface area (Å²) in [4.78, 5) is 10.7. The summed E-state index contributed by atoms with van der Waals surface area (Å²) >= 11 is 0. The highest BCUT2D eigenvalue weighted by molar-refractivity contribution is 5.73. The number of aliphatic hydroxyl groups is 4. The Balaban J connectivity index is 2.70. The van der Waals surface area contributed by atoms with E-state index in [-0.39, 0.29) is 0 Å². The van der Waals surface area contributed by atoms with Crippen molar-refractivity contribution in [3.8, 4) is 0 Å². The Morgan fingerprint density at radius 1 is 1.33 bits per heavy atom. The summed E-state index contributed by atoms with van der Waals surface area (Å²) in [5.74, 6) is -0.462. The number of amides is 1. The van der Waals surface area contributed by atoms with Gasteiger partial charge in [-0.25, -0.2) is 0 Å². The Morgan fingerprint density at radius 3 is 2.40 bits per heavy atom. The van der Waals surface area contributed by atoms with E-state index in [2.05, 4.69) is 5.32 Å². The predicted molar refractivity (Wildman–Crippen MR) is 47.6 cm³/mol. The highest BCUT2D eigenvalue weighted by Crippen LogP contribution is 2.19. The molecule has 1 amide bonds. The van der Waals surface area contributed by atoms with Crippen LogP contribution in [0.4, 0.5) is 0 Å². The molecule has 0 spiro atoms. The molecule has 0 aromatic rings. The van der Waals surface area contributed by atoms with Crippen LogP contribution in [0.2, 0.25) is 0 Å². The Bertz CT molecular complexity index is 235. The van der Waals surface area contributed by atoms with Crippen LogP contribution in [0.25, 0.3) is 0 Å². The summed E-state index contributed by atoms with van der Waals surface area (Å²) < 4.78 is 4.81. The molecule has 1 saturated heterocycles. The lowest BCUT2D eigenvalue weighted by atomic mass is 9.97. The average Bonchev–Trinajstić information content (AvgIpc) is 2.18. The van der Waals surface area contributed by atoms with Gasteiger partial charge in [-0.05, 0) is 0 Å². The first-order valence-corrected chi connectivity index (χ1v) is 4.55. The molecular weight excluding hydrogens is 206 g/mol. The van der Waals surface area contributed by atoms with Gasteiger partial charge >= 0.3 is 0 Å². The van der Waals surface area contributed by atoms with Gasteiger partial charge in [-0.2, -0.15) is 0 Å². The van der Waals surface area contributed by atoms with Gasteiger partial charge in [0.1, 0.15) is 24.4 Å². The van der Waals surface area contributed by atoms with Crippen molar-refractivity contribution in [2.24, 2.45) is 0 Å². The Labute approximate surface area is 86.3 Å². The number of aliphatic hydroxyl groups excluding tert-OH is 4. The maximum absolute atomic E-state index is 10.7. The van der Waals surface area contributed by atoms with Crippen LogP contribution in [0.15, 0.2) is 0 Å². The van der Waals surface area contributed by atoms with E-state index in [1.165, 1.54) is 6.92 Å². The fourth-order valence-electron chi connectivity index (χ4n) is 1.49. The SMILES string of the molecule is CC(=O)N[C@H]1C(O)[C@@H](O)C(CO)O[C@@H]1O. The molecule has 88 valence electrons. The van der Waals surface area contributed by atoms with Crippen LogP contribution < -0.4 is 5.32 Å². The summed E-state index contributed by atoms with van der Waals surface area (Å²) in [6.45, 7) is 0.687. The number of nitrogens with one attached hydrogen (secondary N) is 1. The minimum absolute atomic E-state index is 0.462. The standard InChI is InChI=1S/C8H15NO6/c1-3(11)9-5-7(13)6(12)4(2-10)15-8(5)14/h4-8,10,12-14H,2H2,1H3,(H,9,11)/t4?,5-,6-,7?,8-/m0/s1. The zero-order valence-corrected chi connectivity index (χ0v) is 8.20. The number of hydrogen-bond acceptors (Lipinski definition) is 6. The molecule has 0 saturated carbocycles. The molecule has 7 nitrogen and oxygen atoms in total. The van der Waals surface area contributed by atoms with E-state index in [9.17, 15) is 20.1 Å². The summed E-state index contributed by atoms with van der Waals surface area (Å²) in [7, 11) is 0. The van der Waals surface area contributed by atoms with Crippen molar-refractivity contribution in [1.29, 1.82) is 0 Å². The van der Waals surface area contributed by atoms with Crippen LogP contribution in [-0.4, -0.2) is 63.6 Å². The van der Waals surface area contributed by atoms with Crippen LogP contribution in [-0.2, 0) is 9.53 Å². The number of ether oxygens (including phenoxy) is 1. The minimum atomic E-state index is -1.45. The first kappa shape index (κ1) is 12.3. The zero-order valence-electron chi connectivity index (χ0n) is 8.20. The molecule has 0 aromatic carbocycles. The lowest BCUT2D eigenvalue weighted by molar-refractivity contribution is -0.253. The van der Waals surface area contributed by atoms with Crippen LogP contribution in [0.3, 0.4) is 0 Å². The third kappa shape index (κ3) is 2.64. The van der Waals surface area contributed by atoms with E-state index in [0.717, 1.165) is 0 Å². The van der Waals surface area contributed by atoms with E-state index in [4.69, 9.17) is 9.84 Å². The van der Waals surface area contributed by atoms with Gasteiger partial charge in [0.15, 0.2) is 6.29 Å². The molecule has 0 aromatic heterocycles. The highest BCUT2D eigenvalue weighted by atomic mass is 16.6. The molecular formula is C8H15NO6. The number of rotatable bonds is 2. The lowest BCUT2D eigenvalue weighted by Gasteiger charge is -2.40. The molecule has 1 rings (SSSR count). The van der Waals surface area contributed by atoms with Gasteiger partial charge in [0.05, 0.1) is 6.61 Å². The van der Waals surface area contributed by atoms with Gasteiger partial charge in [-0.15, -0.1) is 0 Å².